The molecule has 0 aliphatic heterocycles. The van der Waals surface area contributed by atoms with Crippen LogP contribution in [0.25, 0.3) is 22.6 Å². The molecule has 0 spiro atoms. The normalized spacial score (nSPS) is 11.2. The van der Waals surface area contributed by atoms with E-state index in [1.807, 2.05) is 42.7 Å². The van der Waals surface area contributed by atoms with Gasteiger partial charge in [-0.15, -0.1) is 0 Å². The van der Waals surface area contributed by atoms with Gasteiger partial charge in [0.15, 0.2) is 17.3 Å². The molecule has 4 rings (SSSR count). The molecule has 0 unspecified atom stereocenters. The summed E-state index contributed by atoms with van der Waals surface area (Å²) in [5, 5.41) is 7.48. The SMILES string of the molecule is CCn1c(-c2nonc2N)nc2cnc(Oc3ccc(C)c(C)c3)cc21. The van der Waals surface area contributed by atoms with E-state index in [1.165, 1.54) is 11.1 Å². The van der Waals surface area contributed by atoms with Gasteiger partial charge in [0.2, 0.25) is 5.88 Å². The van der Waals surface area contributed by atoms with Gasteiger partial charge in [0.25, 0.3) is 0 Å². The number of benzene rings is 1. The maximum absolute atomic E-state index is 5.92. The predicted octanol–water partition coefficient (Wildman–Crippen LogP) is 3.49. The molecule has 0 saturated carbocycles. The summed E-state index contributed by atoms with van der Waals surface area (Å²) in [6.45, 7) is 6.80. The van der Waals surface area contributed by atoms with Crippen molar-refractivity contribution in [2.45, 2.75) is 27.3 Å². The van der Waals surface area contributed by atoms with Crippen LogP contribution >= 0.6 is 0 Å². The highest BCUT2D eigenvalue weighted by molar-refractivity contribution is 5.81. The van der Waals surface area contributed by atoms with Gasteiger partial charge in [-0.3, -0.25) is 0 Å². The molecule has 3 heterocycles. The standard InChI is InChI=1S/C18H18N6O2/c1-4-24-14-8-15(25-12-6-5-10(2)11(3)7-12)20-9-13(14)21-18(24)16-17(19)23-26-22-16/h5-9H,4H2,1-3H3,(H2,19,23). The number of hydrogen-bond donors (Lipinski definition) is 1. The first-order valence-electron chi connectivity index (χ1n) is 8.26. The quantitative estimate of drug-likeness (QED) is 0.600. The molecule has 8 nitrogen and oxygen atoms in total. The van der Waals surface area contributed by atoms with Crippen molar-refractivity contribution in [1.29, 1.82) is 0 Å². The van der Waals surface area contributed by atoms with Gasteiger partial charge in [0, 0.05) is 12.6 Å². The van der Waals surface area contributed by atoms with Crippen molar-refractivity contribution in [2.75, 3.05) is 5.73 Å². The van der Waals surface area contributed by atoms with E-state index in [-0.39, 0.29) is 5.82 Å². The molecule has 2 N–H and O–H groups in total. The molecule has 0 aliphatic rings. The number of pyridine rings is 1. The lowest BCUT2D eigenvalue weighted by atomic mass is 10.1. The Balaban J connectivity index is 1.77. The Kier molecular flexibility index (Phi) is 3.80. The van der Waals surface area contributed by atoms with Crippen LogP contribution in [0, 0.1) is 13.8 Å². The van der Waals surface area contributed by atoms with Crippen molar-refractivity contribution in [2.24, 2.45) is 0 Å². The molecule has 1 aromatic carbocycles. The minimum Gasteiger partial charge on any atom is -0.439 e. The smallest absolute Gasteiger partial charge is 0.221 e. The Bertz CT molecular complexity index is 1100. The first-order valence-corrected chi connectivity index (χ1v) is 8.26. The van der Waals surface area contributed by atoms with Crippen LogP contribution in [-0.2, 0) is 6.54 Å². The molecular weight excluding hydrogens is 332 g/mol. The molecule has 0 bridgehead atoms. The minimum atomic E-state index is 0.203. The van der Waals surface area contributed by atoms with Crippen LogP contribution in [0.3, 0.4) is 0 Å². The topological polar surface area (TPSA) is 105 Å². The summed E-state index contributed by atoms with van der Waals surface area (Å²) in [5.41, 5.74) is 10.2. The van der Waals surface area contributed by atoms with Crippen LogP contribution in [0.5, 0.6) is 11.6 Å². The summed E-state index contributed by atoms with van der Waals surface area (Å²) in [5.74, 6) is 2.03. The fourth-order valence-corrected chi connectivity index (χ4v) is 2.82. The van der Waals surface area contributed by atoms with Gasteiger partial charge in [-0.05, 0) is 54.3 Å². The van der Waals surface area contributed by atoms with E-state index in [1.54, 1.807) is 6.20 Å². The number of aromatic nitrogens is 5. The fourth-order valence-electron chi connectivity index (χ4n) is 2.82. The molecule has 132 valence electrons. The second-order valence-electron chi connectivity index (χ2n) is 6.04. The number of nitrogens with two attached hydrogens (primary N) is 1. The molecule has 0 fully saturated rings. The molecule has 0 amide bonds. The van der Waals surface area contributed by atoms with Crippen LogP contribution in [0.2, 0.25) is 0 Å². The van der Waals surface area contributed by atoms with E-state index in [0.29, 0.717) is 23.9 Å². The number of anilines is 1. The van der Waals surface area contributed by atoms with Gasteiger partial charge in [-0.25, -0.2) is 14.6 Å². The zero-order chi connectivity index (χ0) is 18.3. The third-order valence-electron chi connectivity index (χ3n) is 4.35. The van der Waals surface area contributed by atoms with E-state index < -0.39 is 0 Å². The van der Waals surface area contributed by atoms with Crippen molar-refractivity contribution >= 4 is 16.9 Å². The van der Waals surface area contributed by atoms with E-state index in [2.05, 4.69) is 27.2 Å². The predicted molar refractivity (Wildman–Crippen MR) is 96.9 cm³/mol. The number of nitrogens with zero attached hydrogens (tertiary/aromatic N) is 5. The van der Waals surface area contributed by atoms with Crippen LogP contribution in [0.1, 0.15) is 18.1 Å². The number of ether oxygens (including phenoxy) is 1. The average Bonchev–Trinajstić information content (AvgIpc) is 3.20. The first-order chi connectivity index (χ1) is 12.6. The summed E-state index contributed by atoms with van der Waals surface area (Å²) in [7, 11) is 0. The first kappa shape index (κ1) is 16.1. The van der Waals surface area contributed by atoms with Crippen LogP contribution in [0.15, 0.2) is 35.1 Å². The van der Waals surface area contributed by atoms with Crippen molar-refractivity contribution in [3.8, 4) is 23.1 Å². The third-order valence-corrected chi connectivity index (χ3v) is 4.35. The van der Waals surface area contributed by atoms with Crippen molar-refractivity contribution in [1.82, 2.24) is 24.8 Å². The van der Waals surface area contributed by atoms with Crippen molar-refractivity contribution < 1.29 is 9.37 Å². The number of rotatable bonds is 4. The Morgan fingerprint density at radius 2 is 2.00 bits per heavy atom. The van der Waals surface area contributed by atoms with Crippen molar-refractivity contribution in [3.05, 3.63) is 41.6 Å². The summed E-state index contributed by atoms with van der Waals surface area (Å²) in [6.07, 6.45) is 1.67. The molecule has 0 aliphatic carbocycles. The molecule has 8 heteroatoms. The number of nitrogen functional groups attached to an aromatic ring is 1. The highest BCUT2D eigenvalue weighted by Gasteiger charge is 2.19. The molecule has 4 aromatic rings. The molecule has 0 radical (unpaired) electrons. The van der Waals surface area contributed by atoms with E-state index >= 15 is 0 Å². The van der Waals surface area contributed by atoms with Gasteiger partial charge in [-0.2, -0.15) is 0 Å². The zero-order valence-corrected chi connectivity index (χ0v) is 14.7. The van der Waals surface area contributed by atoms with E-state index in [0.717, 1.165) is 16.8 Å². The third kappa shape index (κ3) is 2.65. The lowest BCUT2D eigenvalue weighted by molar-refractivity contribution is 0.310. The van der Waals surface area contributed by atoms with Gasteiger partial charge < -0.3 is 15.0 Å². The maximum atomic E-state index is 5.92. The van der Waals surface area contributed by atoms with Crippen molar-refractivity contribution in [3.63, 3.8) is 0 Å². The Labute approximate surface area is 149 Å². The van der Waals surface area contributed by atoms with Gasteiger partial charge in [-0.1, -0.05) is 6.07 Å². The van der Waals surface area contributed by atoms with Gasteiger partial charge in [0.1, 0.15) is 11.3 Å². The highest BCUT2D eigenvalue weighted by Crippen LogP contribution is 2.29. The number of hydrogen-bond acceptors (Lipinski definition) is 7. The summed E-state index contributed by atoms with van der Waals surface area (Å²) < 4.78 is 12.6. The van der Waals surface area contributed by atoms with Crippen LogP contribution in [-0.4, -0.2) is 24.8 Å². The molecular formula is C18H18N6O2. The monoisotopic (exact) mass is 350 g/mol. The largest absolute Gasteiger partial charge is 0.439 e. The van der Waals surface area contributed by atoms with Gasteiger partial charge in [0.05, 0.1) is 11.7 Å². The second kappa shape index (κ2) is 6.14. The minimum absolute atomic E-state index is 0.203. The van der Waals surface area contributed by atoms with Gasteiger partial charge >= 0.3 is 0 Å². The molecule has 0 atom stereocenters. The Morgan fingerprint density at radius 3 is 2.69 bits per heavy atom. The summed E-state index contributed by atoms with van der Waals surface area (Å²) in [6, 6.07) is 7.80. The molecule has 3 aromatic heterocycles. The number of imidazole rings is 1. The summed E-state index contributed by atoms with van der Waals surface area (Å²) >= 11 is 0. The lowest BCUT2D eigenvalue weighted by Crippen LogP contribution is -2.00. The summed E-state index contributed by atoms with van der Waals surface area (Å²) in [4.78, 5) is 8.92. The number of aryl methyl sites for hydroxylation is 3. The van der Waals surface area contributed by atoms with Crippen LogP contribution < -0.4 is 10.5 Å². The fraction of sp³-hybridized carbons (Fsp3) is 0.222. The Hall–Kier alpha value is -3.42. The zero-order valence-electron chi connectivity index (χ0n) is 14.7. The van der Waals surface area contributed by atoms with Crippen LogP contribution in [0.4, 0.5) is 5.82 Å². The van der Waals surface area contributed by atoms with E-state index in [4.69, 9.17) is 15.1 Å². The average molecular weight is 350 g/mol. The Morgan fingerprint density at radius 1 is 1.15 bits per heavy atom. The maximum Gasteiger partial charge on any atom is 0.221 e. The molecule has 0 saturated heterocycles. The second-order valence-corrected chi connectivity index (χ2v) is 6.04. The highest BCUT2D eigenvalue weighted by atomic mass is 16.6. The lowest BCUT2D eigenvalue weighted by Gasteiger charge is -2.08. The number of fused-ring (bicyclic) bond motifs is 1. The van der Waals surface area contributed by atoms with E-state index in [9.17, 15) is 0 Å². The molecule has 26 heavy (non-hydrogen) atoms.